The first-order valence-electron chi connectivity index (χ1n) is 12.8. The molecule has 43 heavy (non-hydrogen) atoms. The van der Waals surface area contributed by atoms with Crippen molar-refractivity contribution in [2.24, 2.45) is 5.10 Å². The first kappa shape index (κ1) is 31.4. The standard InChI is InChI=1S/C30H30ClFN4O6S/c1-19-14-21(20(2)36(19)24-9-7-23(32)8-10-24)17-33-34-30(37)18-35(26-15-22(31)6-12-27(26)40-3)43(38,39)25-11-13-28(41-4)29(16-25)42-5/h6-17H,18H2,1-5H3,(H,34,37)/b33-17+. The number of amides is 1. The maximum absolute atomic E-state index is 13.9. The summed E-state index contributed by atoms with van der Waals surface area (Å²) in [5.74, 6) is -0.367. The van der Waals surface area contributed by atoms with Crippen molar-refractivity contribution in [3.05, 3.63) is 94.5 Å². The smallest absolute Gasteiger partial charge is 0.265 e. The number of carbonyl (C=O) groups excluding carboxylic acids is 1. The van der Waals surface area contributed by atoms with Gasteiger partial charge in [0.15, 0.2) is 11.5 Å². The van der Waals surface area contributed by atoms with Crippen LogP contribution in [-0.2, 0) is 14.8 Å². The molecule has 0 atom stereocenters. The number of hydrazone groups is 1. The summed E-state index contributed by atoms with van der Waals surface area (Å²) in [6, 6.07) is 16.5. The minimum Gasteiger partial charge on any atom is -0.495 e. The van der Waals surface area contributed by atoms with E-state index in [1.807, 2.05) is 24.5 Å². The van der Waals surface area contributed by atoms with Gasteiger partial charge in [-0.1, -0.05) is 11.6 Å². The fourth-order valence-electron chi connectivity index (χ4n) is 4.51. The lowest BCUT2D eigenvalue weighted by Gasteiger charge is -2.25. The summed E-state index contributed by atoms with van der Waals surface area (Å²) in [4.78, 5) is 13.0. The molecule has 4 aromatic rings. The molecule has 4 rings (SSSR count). The number of benzene rings is 3. The Morgan fingerprint density at radius 2 is 1.60 bits per heavy atom. The summed E-state index contributed by atoms with van der Waals surface area (Å²) in [6.07, 6.45) is 1.45. The summed E-state index contributed by atoms with van der Waals surface area (Å²) in [5, 5.41) is 4.30. The van der Waals surface area contributed by atoms with E-state index in [2.05, 4.69) is 10.5 Å². The summed E-state index contributed by atoms with van der Waals surface area (Å²) in [5.41, 5.74) is 5.60. The molecule has 1 heterocycles. The Kier molecular flexibility index (Phi) is 9.62. The van der Waals surface area contributed by atoms with Crippen LogP contribution in [0.5, 0.6) is 17.2 Å². The number of hydrogen-bond donors (Lipinski definition) is 1. The van der Waals surface area contributed by atoms with Gasteiger partial charge in [0, 0.05) is 33.7 Å². The molecule has 0 bridgehead atoms. The van der Waals surface area contributed by atoms with Gasteiger partial charge in [-0.3, -0.25) is 9.10 Å². The number of rotatable bonds is 11. The van der Waals surface area contributed by atoms with E-state index in [0.717, 1.165) is 21.4 Å². The van der Waals surface area contributed by atoms with Gasteiger partial charge in [0.1, 0.15) is 18.1 Å². The number of hydrogen-bond acceptors (Lipinski definition) is 7. The summed E-state index contributed by atoms with van der Waals surface area (Å²) in [7, 11) is -0.169. The van der Waals surface area contributed by atoms with Crippen molar-refractivity contribution < 1.29 is 31.8 Å². The van der Waals surface area contributed by atoms with Crippen molar-refractivity contribution in [2.45, 2.75) is 18.7 Å². The molecule has 1 amide bonds. The molecule has 0 unspecified atom stereocenters. The van der Waals surface area contributed by atoms with E-state index in [1.54, 1.807) is 12.1 Å². The van der Waals surface area contributed by atoms with E-state index in [4.69, 9.17) is 25.8 Å². The minimum absolute atomic E-state index is 0.0479. The number of ether oxygens (including phenoxy) is 3. The van der Waals surface area contributed by atoms with Crippen LogP contribution in [0.1, 0.15) is 17.0 Å². The second kappa shape index (κ2) is 13.2. The number of nitrogens with one attached hydrogen (secondary N) is 1. The second-order valence-electron chi connectivity index (χ2n) is 9.28. The average Bonchev–Trinajstić information content (AvgIpc) is 3.27. The Hall–Kier alpha value is -4.55. The van der Waals surface area contributed by atoms with Crippen LogP contribution < -0.4 is 23.9 Å². The molecule has 0 fully saturated rings. The molecule has 0 saturated heterocycles. The Bertz CT molecular complexity index is 1770. The third-order valence-corrected chi connectivity index (χ3v) is 8.58. The number of anilines is 1. The highest BCUT2D eigenvalue weighted by molar-refractivity contribution is 7.92. The van der Waals surface area contributed by atoms with E-state index < -0.39 is 22.5 Å². The molecule has 0 saturated carbocycles. The normalized spacial score (nSPS) is 11.4. The van der Waals surface area contributed by atoms with Gasteiger partial charge in [-0.15, -0.1) is 0 Å². The first-order chi connectivity index (χ1) is 20.5. The number of nitrogens with zero attached hydrogens (tertiary/aromatic N) is 3. The number of methoxy groups -OCH3 is 3. The van der Waals surface area contributed by atoms with Crippen molar-refractivity contribution in [1.82, 2.24) is 9.99 Å². The second-order valence-corrected chi connectivity index (χ2v) is 11.6. The maximum atomic E-state index is 13.9. The van der Waals surface area contributed by atoms with Crippen molar-refractivity contribution in [3.8, 4) is 22.9 Å². The molecular weight excluding hydrogens is 599 g/mol. The molecule has 0 aliphatic rings. The van der Waals surface area contributed by atoms with E-state index in [1.165, 1.54) is 76.1 Å². The predicted octanol–water partition coefficient (Wildman–Crippen LogP) is 5.26. The van der Waals surface area contributed by atoms with Crippen LogP contribution in [0.15, 0.2) is 76.7 Å². The predicted molar refractivity (Wildman–Crippen MR) is 163 cm³/mol. The Balaban J connectivity index is 1.64. The fourth-order valence-corrected chi connectivity index (χ4v) is 6.11. The summed E-state index contributed by atoms with van der Waals surface area (Å²) >= 11 is 6.21. The molecule has 1 aromatic heterocycles. The Morgan fingerprint density at radius 1 is 0.953 bits per heavy atom. The van der Waals surface area contributed by atoms with Crippen LogP contribution in [0.4, 0.5) is 10.1 Å². The minimum atomic E-state index is -4.36. The van der Waals surface area contributed by atoms with Crippen LogP contribution in [0, 0.1) is 19.7 Å². The quantitative estimate of drug-likeness (QED) is 0.179. The Labute approximate surface area is 254 Å². The molecule has 0 spiro atoms. The summed E-state index contributed by atoms with van der Waals surface area (Å²) < 4.78 is 60.0. The van der Waals surface area contributed by atoms with Gasteiger partial charge in [0.25, 0.3) is 15.9 Å². The Morgan fingerprint density at radius 3 is 2.26 bits per heavy atom. The van der Waals surface area contributed by atoms with Crippen LogP contribution in [0.2, 0.25) is 5.02 Å². The highest BCUT2D eigenvalue weighted by atomic mass is 35.5. The van der Waals surface area contributed by atoms with Gasteiger partial charge in [-0.05, 0) is 74.5 Å². The molecule has 3 aromatic carbocycles. The van der Waals surface area contributed by atoms with Crippen molar-refractivity contribution in [3.63, 3.8) is 0 Å². The van der Waals surface area contributed by atoms with Gasteiger partial charge in [-0.25, -0.2) is 18.2 Å². The van der Waals surface area contributed by atoms with Crippen molar-refractivity contribution >= 4 is 39.4 Å². The lowest BCUT2D eigenvalue weighted by Crippen LogP contribution is -2.39. The van der Waals surface area contributed by atoms with Gasteiger partial charge < -0.3 is 18.8 Å². The van der Waals surface area contributed by atoms with Crippen molar-refractivity contribution in [1.29, 1.82) is 0 Å². The van der Waals surface area contributed by atoms with Crippen LogP contribution in [-0.4, -0.2) is 53.0 Å². The van der Waals surface area contributed by atoms with E-state index in [9.17, 15) is 17.6 Å². The van der Waals surface area contributed by atoms with Gasteiger partial charge in [0.05, 0.1) is 38.1 Å². The number of aryl methyl sites for hydroxylation is 1. The number of aromatic nitrogens is 1. The first-order valence-corrected chi connectivity index (χ1v) is 14.7. The third-order valence-electron chi connectivity index (χ3n) is 6.59. The van der Waals surface area contributed by atoms with Crippen LogP contribution in [0.3, 0.4) is 0 Å². The lowest BCUT2D eigenvalue weighted by molar-refractivity contribution is -0.119. The SMILES string of the molecule is COc1ccc(S(=O)(=O)N(CC(=O)N/N=C/c2cc(C)n(-c3ccc(F)cc3)c2C)c2cc(Cl)ccc2OC)cc1OC. The van der Waals surface area contributed by atoms with Crippen molar-refractivity contribution in [2.75, 3.05) is 32.2 Å². The zero-order chi connectivity index (χ0) is 31.3. The maximum Gasteiger partial charge on any atom is 0.265 e. The van der Waals surface area contributed by atoms with Crippen LogP contribution >= 0.6 is 11.6 Å². The van der Waals surface area contributed by atoms with E-state index in [0.29, 0.717) is 11.3 Å². The van der Waals surface area contributed by atoms with E-state index in [-0.39, 0.29) is 32.9 Å². The molecular formula is C30H30ClFN4O6S. The van der Waals surface area contributed by atoms with Gasteiger partial charge >= 0.3 is 0 Å². The monoisotopic (exact) mass is 628 g/mol. The summed E-state index contributed by atoms with van der Waals surface area (Å²) in [6.45, 7) is 3.10. The largest absolute Gasteiger partial charge is 0.495 e. The molecule has 0 radical (unpaired) electrons. The molecule has 10 nitrogen and oxygen atoms in total. The zero-order valence-corrected chi connectivity index (χ0v) is 25.7. The fraction of sp³-hybridized carbons (Fsp3) is 0.200. The highest BCUT2D eigenvalue weighted by Crippen LogP contribution is 2.37. The van der Waals surface area contributed by atoms with Gasteiger partial charge in [0.2, 0.25) is 0 Å². The number of carbonyl (C=O) groups is 1. The zero-order valence-electron chi connectivity index (χ0n) is 24.1. The average molecular weight is 629 g/mol. The molecule has 1 N–H and O–H groups in total. The molecule has 0 aliphatic carbocycles. The topological polar surface area (TPSA) is 111 Å². The lowest BCUT2D eigenvalue weighted by atomic mass is 10.2. The van der Waals surface area contributed by atoms with Crippen LogP contribution in [0.25, 0.3) is 5.69 Å². The third kappa shape index (κ3) is 6.76. The number of halogens is 2. The number of sulfonamides is 1. The van der Waals surface area contributed by atoms with E-state index >= 15 is 0 Å². The highest BCUT2D eigenvalue weighted by Gasteiger charge is 2.30. The molecule has 226 valence electrons. The van der Waals surface area contributed by atoms with Gasteiger partial charge in [-0.2, -0.15) is 5.10 Å². The molecule has 13 heteroatoms. The molecule has 0 aliphatic heterocycles.